The van der Waals surface area contributed by atoms with Gasteiger partial charge in [0.25, 0.3) is 11.2 Å². The first-order valence-electron chi connectivity index (χ1n) is 12.9. The number of thiophene rings is 1. The number of fused-ring (bicyclic) bond motifs is 2. The van der Waals surface area contributed by atoms with Crippen molar-refractivity contribution in [2.45, 2.75) is 26.4 Å². The number of ether oxygens (including phenoxy) is 1. The van der Waals surface area contributed by atoms with Crippen LogP contribution in [-0.4, -0.2) is 26.6 Å². The number of carbonyl (C=O) groups is 1. The maximum atomic E-state index is 13.9. The molecule has 0 fully saturated rings. The molecule has 0 saturated heterocycles. The minimum Gasteiger partial charge on any atom is -0.463 e. The molecule has 3 aromatic heterocycles. The molecule has 11 heteroatoms. The van der Waals surface area contributed by atoms with Gasteiger partial charge in [0, 0.05) is 46.2 Å². The molecule has 0 aliphatic carbocycles. The molecule has 0 spiro atoms. The Morgan fingerprint density at radius 3 is 2.63 bits per heavy atom. The zero-order chi connectivity index (χ0) is 28.7. The zero-order valence-corrected chi connectivity index (χ0v) is 23.8. The van der Waals surface area contributed by atoms with Crippen LogP contribution in [0.4, 0.5) is 5.69 Å². The SMILES string of the molecule is CCOC(=O)C1=C(C)N=c2s/c(=C\c3cn(Cc4ccc([N+](=O)[O-])cc4)c4ccccc34)c(=O)n2[C@@H]1c1cccs1. The van der Waals surface area contributed by atoms with Gasteiger partial charge in [-0.1, -0.05) is 47.7 Å². The average Bonchev–Trinajstić information content (AvgIpc) is 3.68. The number of benzene rings is 2. The van der Waals surface area contributed by atoms with E-state index in [4.69, 9.17) is 4.74 Å². The predicted molar refractivity (Wildman–Crippen MR) is 159 cm³/mol. The van der Waals surface area contributed by atoms with E-state index in [1.807, 2.05) is 54.1 Å². The Hall–Kier alpha value is -4.61. The van der Waals surface area contributed by atoms with Crippen LogP contribution in [-0.2, 0) is 16.1 Å². The van der Waals surface area contributed by atoms with E-state index >= 15 is 0 Å². The van der Waals surface area contributed by atoms with Crippen molar-refractivity contribution in [3.8, 4) is 0 Å². The fourth-order valence-electron chi connectivity index (χ4n) is 5.09. The molecule has 41 heavy (non-hydrogen) atoms. The molecule has 0 amide bonds. The summed E-state index contributed by atoms with van der Waals surface area (Å²) in [7, 11) is 0. The van der Waals surface area contributed by atoms with E-state index in [0.29, 0.717) is 27.1 Å². The Labute approximate surface area is 241 Å². The molecular weight excluding hydrogens is 560 g/mol. The minimum atomic E-state index is -0.615. The number of non-ortho nitro benzene ring substituents is 1. The first-order chi connectivity index (χ1) is 19.9. The highest BCUT2D eigenvalue weighted by molar-refractivity contribution is 7.10. The van der Waals surface area contributed by atoms with Crippen molar-refractivity contribution < 1.29 is 14.5 Å². The van der Waals surface area contributed by atoms with E-state index in [1.54, 1.807) is 30.5 Å². The number of aromatic nitrogens is 2. The van der Waals surface area contributed by atoms with Gasteiger partial charge in [-0.2, -0.15) is 0 Å². The van der Waals surface area contributed by atoms with Crippen LogP contribution < -0.4 is 14.9 Å². The molecule has 6 rings (SSSR count). The number of nitro benzene ring substituents is 1. The minimum absolute atomic E-state index is 0.0457. The van der Waals surface area contributed by atoms with Crippen LogP contribution in [0.15, 0.2) is 93.3 Å². The molecule has 5 aromatic rings. The molecule has 1 aliphatic rings. The summed E-state index contributed by atoms with van der Waals surface area (Å²) in [5.41, 5.74) is 3.48. The van der Waals surface area contributed by atoms with Crippen molar-refractivity contribution in [3.63, 3.8) is 0 Å². The number of esters is 1. The van der Waals surface area contributed by atoms with Crippen LogP contribution in [0.25, 0.3) is 17.0 Å². The number of rotatable bonds is 7. The van der Waals surface area contributed by atoms with E-state index < -0.39 is 16.9 Å². The summed E-state index contributed by atoms with van der Waals surface area (Å²) in [4.78, 5) is 43.6. The predicted octanol–water partition coefficient (Wildman–Crippen LogP) is 4.77. The number of nitro groups is 1. The molecule has 2 aromatic carbocycles. The summed E-state index contributed by atoms with van der Waals surface area (Å²) in [6, 6.07) is 17.6. The summed E-state index contributed by atoms with van der Waals surface area (Å²) in [6.45, 7) is 4.26. The highest BCUT2D eigenvalue weighted by atomic mass is 32.1. The van der Waals surface area contributed by atoms with Crippen molar-refractivity contribution >= 4 is 51.3 Å². The van der Waals surface area contributed by atoms with Gasteiger partial charge in [-0.05, 0) is 43.0 Å². The van der Waals surface area contributed by atoms with Gasteiger partial charge < -0.3 is 9.30 Å². The maximum Gasteiger partial charge on any atom is 0.338 e. The van der Waals surface area contributed by atoms with Crippen molar-refractivity contribution in [1.29, 1.82) is 0 Å². The molecular formula is C30H24N4O5S2. The summed E-state index contributed by atoms with van der Waals surface area (Å²) in [6.07, 6.45) is 3.85. The first kappa shape index (κ1) is 26.6. The molecule has 0 saturated carbocycles. The van der Waals surface area contributed by atoms with Gasteiger partial charge in [0.1, 0.15) is 6.04 Å². The third-order valence-corrected chi connectivity index (χ3v) is 8.84. The lowest BCUT2D eigenvalue weighted by molar-refractivity contribution is -0.384. The Kier molecular flexibility index (Phi) is 6.98. The number of carbonyl (C=O) groups excluding carboxylic acids is 1. The van der Waals surface area contributed by atoms with Gasteiger partial charge in [0.05, 0.1) is 27.3 Å². The Morgan fingerprint density at radius 2 is 1.93 bits per heavy atom. The lowest BCUT2D eigenvalue weighted by atomic mass is 10.0. The van der Waals surface area contributed by atoms with Crippen LogP contribution in [0.2, 0.25) is 0 Å². The summed E-state index contributed by atoms with van der Waals surface area (Å²) >= 11 is 2.76. The third kappa shape index (κ3) is 4.83. The molecule has 0 bridgehead atoms. The van der Waals surface area contributed by atoms with Crippen LogP contribution in [0.1, 0.15) is 35.9 Å². The van der Waals surface area contributed by atoms with E-state index in [9.17, 15) is 19.7 Å². The topological polar surface area (TPSA) is 109 Å². The second-order valence-corrected chi connectivity index (χ2v) is 11.5. The number of allylic oxidation sites excluding steroid dienone is 1. The second-order valence-electron chi connectivity index (χ2n) is 9.47. The standard InChI is InChI=1S/C30H24N4O5S2/c1-3-39-29(36)26-18(2)31-30-33(27(26)24-9-6-14-40-24)28(35)25(41-30)15-20-17-32(23-8-5-4-7-22(20)23)16-19-10-12-21(13-11-19)34(37)38/h4-15,17,27H,3,16H2,1-2H3/b25-15-/t27-/m1/s1. The fraction of sp³-hybridized carbons (Fsp3) is 0.167. The fourth-order valence-corrected chi connectivity index (χ4v) is 6.95. The molecule has 0 N–H and O–H groups in total. The average molecular weight is 585 g/mol. The van der Waals surface area contributed by atoms with Crippen molar-refractivity contribution in [2.75, 3.05) is 6.61 Å². The number of thiazole rings is 1. The van der Waals surface area contributed by atoms with Crippen molar-refractivity contribution in [1.82, 2.24) is 9.13 Å². The largest absolute Gasteiger partial charge is 0.463 e. The van der Waals surface area contributed by atoms with Crippen molar-refractivity contribution in [2.24, 2.45) is 4.99 Å². The van der Waals surface area contributed by atoms with Crippen LogP contribution in [0.5, 0.6) is 0 Å². The van der Waals surface area contributed by atoms with Crippen molar-refractivity contribution in [3.05, 3.63) is 129 Å². The molecule has 1 aliphatic heterocycles. The molecule has 206 valence electrons. The van der Waals surface area contributed by atoms with E-state index in [-0.39, 0.29) is 17.9 Å². The van der Waals surface area contributed by atoms with Crippen LogP contribution in [0.3, 0.4) is 0 Å². The van der Waals surface area contributed by atoms with Gasteiger partial charge in [-0.15, -0.1) is 11.3 Å². The van der Waals surface area contributed by atoms with Crippen LogP contribution in [0, 0.1) is 10.1 Å². The van der Waals surface area contributed by atoms with Gasteiger partial charge in [0.2, 0.25) is 0 Å². The van der Waals surface area contributed by atoms with Gasteiger partial charge in [-0.3, -0.25) is 19.5 Å². The summed E-state index contributed by atoms with van der Waals surface area (Å²) in [5.74, 6) is -0.476. The number of hydrogen-bond donors (Lipinski definition) is 0. The van der Waals surface area contributed by atoms with E-state index in [2.05, 4.69) is 9.56 Å². The lowest BCUT2D eigenvalue weighted by Crippen LogP contribution is -2.39. The first-order valence-corrected chi connectivity index (χ1v) is 14.6. The lowest BCUT2D eigenvalue weighted by Gasteiger charge is -2.23. The molecule has 0 unspecified atom stereocenters. The number of para-hydroxylation sites is 1. The number of nitrogens with zero attached hydrogens (tertiary/aromatic N) is 4. The van der Waals surface area contributed by atoms with Gasteiger partial charge in [-0.25, -0.2) is 9.79 Å². The quantitative estimate of drug-likeness (QED) is 0.156. The highest BCUT2D eigenvalue weighted by Gasteiger charge is 2.33. The Balaban J connectivity index is 1.46. The molecule has 0 radical (unpaired) electrons. The van der Waals surface area contributed by atoms with Gasteiger partial charge in [0.15, 0.2) is 4.80 Å². The summed E-state index contributed by atoms with van der Waals surface area (Å²) in [5, 5.41) is 13.9. The molecule has 4 heterocycles. The smallest absolute Gasteiger partial charge is 0.338 e. The maximum absolute atomic E-state index is 13.9. The highest BCUT2D eigenvalue weighted by Crippen LogP contribution is 2.33. The Bertz CT molecular complexity index is 2020. The van der Waals surface area contributed by atoms with E-state index in [0.717, 1.165) is 26.9 Å². The second kappa shape index (κ2) is 10.8. The van der Waals surface area contributed by atoms with Gasteiger partial charge >= 0.3 is 5.97 Å². The van der Waals surface area contributed by atoms with Crippen LogP contribution >= 0.6 is 22.7 Å². The zero-order valence-electron chi connectivity index (χ0n) is 22.1. The monoisotopic (exact) mass is 584 g/mol. The molecule has 9 nitrogen and oxygen atoms in total. The Morgan fingerprint density at radius 1 is 1.15 bits per heavy atom. The molecule has 1 atom stereocenters. The van der Waals surface area contributed by atoms with E-state index in [1.165, 1.54) is 34.8 Å². The normalized spacial score (nSPS) is 15.2. The summed E-state index contributed by atoms with van der Waals surface area (Å²) < 4.78 is 9.51. The number of hydrogen-bond acceptors (Lipinski definition) is 8. The third-order valence-electron chi connectivity index (χ3n) is 6.94.